The zero-order valence-corrected chi connectivity index (χ0v) is 24.8. The summed E-state index contributed by atoms with van der Waals surface area (Å²) in [6, 6.07) is 18.8. The Hall–Kier alpha value is -3.55. The lowest BCUT2D eigenvalue weighted by Gasteiger charge is -2.13. The van der Waals surface area contributed by atoms with Crippen LogP contribution in [-0.4, -0.2) is 47.6 Å². The van der Waals surface area contributed by atoms with Crippen molar-refractivity contribution in [2.24, 2.45) is 0 Å². The molecule has 2 N–H and O–H groups in total. The third-order valence-electron chi connectivity index (χ3n) is 5.34. The van der Waals surface area contributed by atoms with Crippen molar-refractivity contribution in [3.8, 4) is 11.5 Å². The van der Waals surface area contributed by atoms with Gasteiger partial charge in [-0.2, -0.15) is 0 Å². The summed E-state index contributed by atoms with van der Waals surface area (Å²) in [5.41, 5.74) is 1.69. The first-order valence-electron chi connectivity index (χ1n) is 12.0. The summed E-state index contributed by atoms with van der Waals surface area (Å²) in [4.78, 5) is 51.2. The molecule has 3 aromatic rings. The van der Waals surface area contributed by atoms with Crippen LogP contribution in [-0.2, 0) is 14.4 Å². The summed E-state index contributed by atoms with van der Waals surface area (Å²) >= 11 is 8.85. The second kappa shape index (κ2) is 13.7. The van der Waals surface area contributed by atoms with Crippen molar-refractivity contribution >= 4 is 86.4 Å². The molecule has 1 fully saturated rings. The zero-order valence-electron chi connectivity index (χ0n) is 21.1. The van der Waals surface area contributed by atoms with E-state index in [2.05, 4.69) is 33.2 Å². The van der Waals surface area contributed by atoms with E-state index >= 15 is 0 Å². The van der Waals surface area contributed by atoms with E-state index in [0.717, 1.165) is 20.2 Å². The molecule has 40 heavy (non-hydrogen) atoms. The quantitative estimate of drug-likeness (QED) is 0.197. The molecule has 0 aliphatic carbocycles. The molecular weight excluding hydrogens is 669 g/mol. The molecule has 0 atom stereocenters. The van der Waals surface area contributed by atoms with Gasteiger partial charge in [-0.1, -0.05) is 23.7 Å². The Labute approximate surface area is 253 Å². The molecule has 0 saturated carbocycles. The van der Waals surface area contributed by atoms with E-state index in [0.29, 0.717) is 40.1 Å². The van der Waals surface area contributed by atoms with Crippen molar-refractivity contribution in [1.29, 1.82) is 0 Å². The highest BCUT2D eigenvalue weighted by Crippen LogP contribution is 2.34. The number of hydrogen-bond donors (Lipinski definition) is 2. The summed E-state index contributed by atoms with van der Waals surface area (Å²) < 4.78 is 12.3. The minimum absolute atomic E-state index is 0.170. The third-order valence-corrected chi connectivity index (χ3v) is 7.20. The van der Waals surface area contributed by atoms with Crippen LogP contribution >= 0.6 is 46.0 Å². The summed E-state index contributed by atoms with van der Waals surface area (Å²) in [6.07, 6.45) is 1.54. The fraction of sp³-hybridized carbons (Fsp3) is 0.143. The van der Waals surface area contributed by atoms with Crippen molar-refractivity contribution in [3.05, 3.63) is 85.8 Å². The maximum Gasteiger partial charge on any atom is 0.294 e. The molecule has 12 heteroatoms. The highest BCUT2D eigenvalue weighted by molar-refractivity contribution is 14.1. The van der Waals surface area contributed by atoms with Gasteiger partial charge >= 0.3 is 0 Å². The number of rotatable bonds is 10. The van der Waals surface area contributed by atoms with Gasteiger partial charge in [-0.15, -0.1) is 0 Å². The average molecular weight is 692 g/mol. The molecule has 9 nitrogen and oxygen atoms in total. The lowest BCUT2D eigenvalue weighted by Crippen LogP contribution is -2.36. The Morgan fingerprint density at radius 3 is 2.42 bits per heavy atom. The lowest BCUT2D eigenvalue weighted by atomic mass is 10.2. The summed E-state index contributed by atoms with van der Waals surface area (Å²) in [5.74, 6) is -0.731. The van der Waals surface area contributed by atoms with Gasteiger partial charge in [0.15, 0.2) is 18.1 Å². The summed E-state index contributed by atoms with van der Waals surface area (Å²) in [5, 5.41) is 5.34. The molecule has 1 heterocycles. The Bertz CT molecular complexity index is 1480. The Morgan fingerprint density at radius 1 is 0.950 bits per heavy atom. The van der Waals surface area contributed by atoms with Gasteiger partial charge in [0.2, 0.25) is 5.91 Å². The molecule has 0 spiro atoms. The topological polar surface area (TPSA) is 114 Å². The van der Waals surface area contributed by atoms with Gasteiger partial charge in [0.1, 0.15) is 6.54 Å². The van der Waals surface area contributed by atoms with Crippen LogP contribution in [0, 0.1) is 3.57 Å². The fourth-order valence-corrected chi connectivity index (χ4v) is 4.96. The number of imide groups is 1. The minimum atomic E-state index is -0.566. The van der Waals surface area contributed by atoms with Crippen LogP contribution in [0.25, 0.3) is 6.08 Å². The summed E-state index contributed by atoms with van der Waals surface area (Å²) in [7, 11) is 0. The molecule has 4 rings (SSSR count). The van der Waals surface area contributed by atoms with E-state index in [4.69, 9.17) is 21.1 Å². The van der Waals surface area contributed by atoms with Crippen molar-refractivity contribution < 1.29 is 28.7 Å². The molecule has 1 saturated heterocycles. The second-order valence-electron chi connectivity index (χ2n) is 8.31. The van der Waals surface area contributed by atoms with Gasteiger partial charge in [-0.05, 0) is 108 Å². The standard InChI is InChI=1S/C28H23ClIN3O6S/c1-2-38-23-12-17(6-11-22(23)39-16-26(35)32-21-5-3-4-18(29)14-21)13-24-27(36)33(28(37)40-24)15-25(34)31-20-9-7-19(30)8-10-20/h3-14H,2,15-16H2,1H3,(H,31,34)(H,32,35)/b24-13+. The van der Waals surface area contributed by atoms with E-state index in [1.165, 1.54) is 0 Å². The van der Waals surface area contributed by atoms with Gasteiger partial charge in [0.05, 0.1) is 11.5 Å². The SMILES string of the molecule is CCOc1cc(/C=C2/SC(=O)N(CC(=O)Nc3ccc(I)cc3)C2=O)ccc1OCC(=O)Nc1cccc(Cl)c1. The first kappa shape index (κ1) is 29.4. The predicted octanol–water partition coefficient (Wildman–Crippen LogP) is 6.04. The molecule has 3 aromatic carbocycles. The number of nitrogens with zero attached hydrogens (tertiary/aromatic N) is 1. The summed E-state index contributed by atoms with van der Waals surface area (Å²) in [6.45, 7) is 1.47. The van der Waals surface area contributed by atoms with E-state index in [-0.39, 0.29) is 17.4 Å². The number of amides is 4. The number of carbonyl (C=O) groups excluding carboxylic acids is 4. The van der Waals surface area contributed by atoms with E-state index in [9.17, 15) is 19.2 Å². The molecule has 0 radical (unpaired) electrons. The molecular formula is C28H23ClIN3O6S. The largest absolute Gasteiger partial charge is 0.490 e. The normalized spacial score (nSPS) is 13.9. The molecule has 206 valence electrons. The van der Waals surface area contributed by atoms with Crippen LogP contribution < -0.4 is 20.1 Å². The number of benzene rings is 3. The number of halogens is 2. The lowest BCUT2D eigenvalue weighted by molar-refractivity contribution is -0.127. The Balaban J connectivity index is 1.40. The Morgan fingerprint density at radius 2 is 1.70 bits per heavy atom. The highest BCUT2D eigenvalue weighted by Gasteiger charge is 2.36. The van der Waals surface area contributed by atoms with Gasteiger partial charge < -0.3 is 20.1 Å². The molecule has 4 amide bonds. The van der Waals surface area contributed by atoms with Crippen molar-refractivity contribution in [3.63, 3.8) is 0 Å². The van der Waals surface area contributed by atoms with Crippen molar-refractivity contribution in [1.82, 2.24) is 4.90 Å². The Kier molecular flexibility index (Phi) is 10.1. The van der Waals surface area contributed by atoms with Gasteiger partial charge in [0, 0.05) is 20.0 Å². The number of thioether (sulfide) groups is 1. The van der Waals surface area contributed by atoms with E-state index in [1.807, 2.05) is 12.1 Å². The number of ether oxygens (including phenoxy) is 2. The molecule has 0 bridgehead atoms. The van der Waals surface area contributed by atoms with Crippen LogP contribution in [0.3, 0.4) is 0 Å². The second-order valence-corrected chi connectivity index (χ2v) is 11.0. The monoisotopic (exact) mass is 691 g/mol. The van der Waals surface area contributed by atoms with Crippen LogP contribution in [0.15, 0.2) is 71.6 Å². The maximum atomic E-state index is 12.9. The number of anilines is 2. The highest BCUT2D eigenvalue weighted by atomic mass is 127. The molecule has 0 aromatic heterocycles. The first-order valence-corrected chi connectivity index (χ1v) is 14.2. The smallest absolute Gasteiger partial charge is 0.294 e. The van der Waals surface area contributed by atoms with E-state index < -0.39 is 23.6 Å². The third kappa shape index (κ3) is 7.99. The van der Waals surface area contributed by atoms with Gasteiger partial charge in [-0.3, -0.25) is 24.1 Å². The van der Waals surface area contributed by atoms with Crippen molar-refractivity contribution in [2.75, 3.05) is 30.4 Å². The maximum absolute atomic E-state index is 12.9. The predicted molar refractivity (Wildman–Crippen MR) is 164 cm³/mol. The van der Waals surface area contributed by atoms with Crippen LogP contribution in [0.1, 0.15) is 12.5 Å². The zero-order chi connectivity index (χ0) is 28.6. The van der Waals surface area contributed by atoms with Gasteiger partial charge in [-0.25, -0.2) is 0 Å². The fourth-order valence-electron chi connectivity index (χ4n) is 3.57. The molecule has 1 aliphatic heterocycles. The van der Waals surface area contributed by atoms with Crippen LogP contribution in [0.2, 0.25) is 5.02 Å². The van der Waals surface area contributed by atoms with Gasteiger partial charge in [0.25, 0.3) is 17.1 Å². The van der Waals surface area contributed by atoms with Crippen molar-refractivity contribution in [2.45, 2.75) is 6.92 Å². The van der Waals surface area contributed by atoms with Crippen LogP contribution in [0.5, 0.6) is 11.5 Å². The first-order chi connectivity index (χ1) is 19.2. The molecule has 0 unspecified atom stereocenters. The average Bonchev–Trinajstić information content (AvgIpc) is 3.17. The van der Waals surface area contributed by atoms with Crippen LogP contribution in [0.4, 0.5) is 16.2 Å². The minimum Gasteiger partial charge on any atom is -0.490 e. The number of hydrogen-bond acceptors (Lipinski definition) is 7. The molecule has 1 aliphatic rings. The number of nitrogens with one attached hydrogen (secondary N) is 2. The van der Waals surface area contributed by atoms with E-state index in [1.54, 1.807) is 67.6 Å². The number of carbonyl (C=O) groups is 4.